The predicted molar refractivity (Wildman–Crippen MR) is 111 cm³/mol. The lowest BCUT2D eigenvalue weighted by Crippen LogP contribution is -2.29. The van der Waals surface area contributed by atoms with Crippen molar-refractivity contribution in [1.29, 1.82) is 0 Å². The summed E-state index contributed by atoms with van der Waals surface area (Å²) < 4.78 is 0.622. The first-order valence-electron chi connectivity index (χ1n) is 9.15. The van der Waals surface area contributed by atoms with Crippen molar-refractivity contribution in [2.75, 3.05) is 25.0 Å². The zero-order chi connectivity index (χ0) is 19.7. The molecule has 0 spiro atoms. The Morgan fingerprint density at radius 2 is 2.04 bits per heavy atom. The van der Waals surface area contributed by atoms with Crippen LogP contribution in [0.1, 0.15) is 34.5 Å². The Balaban J connectivity index is 1.31. The van der Waals surface area contributed by atoms with Gasteiger partial charge in [-0.15, -0.1) is 11.3 Å². The third-order valence-corrected chi connectivity index (χ3v) is 6.28. The number of Topliss-reactive ketones (excluding diaryl/α,β-unsaturated/α-hetero) is 1. The van der Waals surface area contributed by atoms with Crippen LogP contribution in [-0.2, 0) is 4.84 Å². The van der Waals surface area contributed by atoms with Gasteiger partial charge in [-0.25, -0.2) is 4.79 Å². The number of hydrogen-bond acceptors (Lipinski definition) is 5. The van der Waals surface area contributed by atoms with Gasteiger partial charge in [-0.05, 0) is 36.2 Å². The summed E-state index contributed by atoms with van der Waals surface area (Å²) in [5.74, 6) is 0.0820. The van der Waals surface area contributed by atoms with E-state index in [0.717, 1.165) is 23.5 Å². The Morgan fingerprint density at radius 1 is 1.25 bits per heavy atom. The lowest BCUT2D eigenvalue weighted by atomic mass is 10.0. The number of rotatable bonds is 6. The fourth-order valence-electron chi connectivity index (χ4n) is 3.35. The largest absolute Gasteiger partial charge is 0.392 e. The molecule has 8 heteroatoms. The van der Waals surface area contributed by atoms with E-state index in [4.69, 9.17) is 16.4 Å². The van der Waals surface area contributed by atoms with Crippen molar-refractivity contribution in [3.63, 3.8) is 0 Å². The highest BCUT2D eigenvalue weighted by Gasteiger charge is 2.27. The lowest BCUT2D eigenvalue weighted by Gasteiger charge is -2.16. The molecule has 1 aromatic heterocycles. The number of carbonyl (C=O) groups is 2. The molecule has 0 saturated carbocycles. The number of halogens is 1. The SMILES string of the molecule is CN1CCN(c2ccc(C3=NOC(CCC(=O)c4ccc(Cl)s4)C3)cc2)C1=O. The van der Waals surface area contributed by atoms with Gasteiger partial charge in [-0.2, -0.15) is 0 Å². The zero-order valence-corrected chi connectivity index (χ0v) is 17.0. The number of hydrogen-bond donors (Lipinski definition) is 0. The van der Waals surface area contributed by atoms with Gasteiger partial charge in [-0.3, -0.25) is 9.69 Å². The molecule has 6 nitrogen and oxygen atoms in total. The van der Waals surface area contributed by atoms with Gasteiger partial charge in [-0.1, -0.05) is 28.9 Å². The summed E-state index contributed by atoms with van der Waals surface area (Å²) in [5.41, 5.74) is 2.73. The Morgan fingerprint density at radius 3 is 2.68 bits per heavy atom. The van der Waals surface area contributed by atoms with Gasteiger partial charge in [0.15, 0.2) is 5.78 Å². The molecule has 146 valence electrons. The van der Waals surface area contributed by atoms with Crippen molar-refractivity contribution in [2.24, 2.45) is 5.16 Å². The van der Waals surface area contributed by atoms with E-state index < -0.39 is 0 Å². The van der Waals surface area contributed by atoms with Crippen molar-refractivity contribution in [3.05, 3.63) is 51.2 Å². The molecule has 1 fully saturated rings. The van der Waals surface area contributed by atoms with E-state index in [-0.39, 0.29) is 17.9 Å². The standard InChI is InChI=1S/C20H20ClN3O3S/c1-23-10-11-24(20(23)26)14-4-2-13(3-5-14)16-12-15(27-22-16)6-7-17(25)18-8-9-19(21)28-18/h2-5,8-9,15H,6-7,10-12H2,1H3. The number of carbonyl (C=O) groups excluding carboxylic acids is 2. The summed E-state index contributed by atoms with van der Waals surface area (Å²) in [4.78, 5) is 34.0. The smallest absolute Gasteiger partial charge is 0.324 e. The number of likely N-dealkylation sites (N-methyl/N-ethyl adjacent to an activating group) is 1. The maximum atomic E-state index is 12.2. The highest BCUT2D eigenvalue weighted by Crippen LogP contribution is 2.26. The summed E-state index contributed by atoms with van der Waals surface area (Å²) in [7, 11) is 1.80. The number of thiophene rings is 1. The van der Waals surface area contributed by atoms with Crippen molar-refractivity contribution in [2.45, 2.75) is 25.4 Å². The average Bonchev–Trinajstić information content (AvgIpc) is 3.42. The summed E-state index contributed by atoms with van der Waals surface area (Å²) >= 11 is 7.19. The van der Waals surface area contributed by atoms with E-state index in [1.54, 1.807) is 29.0 Å². The molecule has 0 bridgehead atoms. The van der Waals surface area contributed by atoms with Gasteiger partial charge in [0.2, 0.25) is 0 Å². The fourth-order valence-corrected chi connectivity index (χ4v) is 4.36. The summed E-state index contributed by atoms with van der Waals surface area (Å²) in [6, 6.07) is 11.3. The number of nitrogens with zero attached hydrogens (tertiary/aromatic N) is 3. The molecule has 2 amide bonds. The number of urea groups is 1. The topological polar surface area (TPSA) is 62.2 Å². The Bertz CT molecular complexity index is 925. The van der Waals surface area contributed by atoms with E-state index in [2.05, 4.69) is 5.16 Å². The van der Waals surface area contributed by atoms with Gasteiger partial charge in [0, 0.05) is 38.7 Å². The zero-order valence-electron chi connectivity index (χ0n) is 15.4. The second kappa shape index (κ2) is 7.93. The molecule has 1 unspecified atom stereocenters. The molecule has 1 saturated heterocycles. The normalized spacial score (nSPS) is 19.1. The molecular weight excluding hydrogens is 398 g/mol. The van der Waals surface area contributed by atoms with Crippen molar-refractivity contribution < 1.29 is 14.4 Å². The molecule has 0 radical (unpaired) electrons. The molecule has 0 N–H and O–H groups in total. The van der Waals surface area contributed by atoms with Gasteiger partial charge in [0.25, 0.3) is 0 Å². The summed E-state index contributed by atoms with van der Waals surface area (Å²) in [5, 5.41) is 4.19. The first-order chi connectivity index (χ1) is 13.5. The van der Waals surface area contributed by atoms with Crippen LogP contribution in [0, 0.1) is 0 Å². The van der Waals surface area contributed by atoms with Crippen molar-refractivity contribution >= 4 is 46.2 Å². The predicted octanol–water partition coefficient (Wildman–Crippen LogP) is 4.43. The summed E-state index contributed by atoms with van der Waals surface area (Å²) in [6.45, 7) is 1.43. The van der Waals surface area contributed by atoms with Gasteiger partial charge >= 0.3 is 6.03 Å². The van der Waals surface area contributed by atoms with Crippen LogP contribution in [0.25, 0.3) is 0 Å². The second-order valence-electron chi connectivity index (χ2n) is 6.94. The van der Waals surface area contributed by atoms with Gasteiger partial charge in [0.05, 0.1) is 14.9 Å². The maximum absolute atomic E-state index is 12.2. The molecule has 28 heavy (non-hydrogen) atoms. The second-order valence-corrected chi connectivity index (χ2v) is 8.65. The summed E-state index contributed by atoms with van der Waals surface area (Å²) in [6.07, 6.45) is 1.60. The van der Waals surface area contributed by atoms with Gasteiger partial charge in [0.1, 0.15) is 6.10 Å². The van der Waals surface area contributed by atoms with E-state index in [0.29, 0.717) is 35.0 Å². The van der Waals surface area contributed by atoms with E-state index in [9.17, 15) is 9.59 Å². The monoisotopic (exact) mass is 417 g/mol. The quantitative estimate of drug-likeness (QED) is 0.653. The minimum Gasteiger partial charge on any atom is -0.392 e. The number of ketones is 1. The Kier molecular flexibility index (Phi) is 5.37. The average molecular weight is 418 g/mol. The fraction of sp³-hybridized carbons (Fsp3) is 0.350. The van der Waals surface area contributed by atoms with E-state index >= 15 is 0 Å². The molecule has 4 rings (SSSR count). The highest BCUT2D eigenvalue weighted by atomic mass is 35.5. The third kappa shape index (κ3) is 3.91. The van der Waals surface area contributed by atoms with Crippen LogP contribution in [0.15, 0.2) is 41.6 Å². The lowest BCUT2D eigenvalue weighted by molar-refractivity contribution is 0.0720. The highest BCUT2D eigenvalue weighted by molar-refractivity contribution is 7.18. The van der Waals surface area contributed by atoms with Crippen LogP contribution in [0.3, 0.4) is 0 Å². The molecule has 0 aliphatic carbocycles. The third-order valence-electron chi connectivity index (χ3n) is 5.00. The molecule has 1 aromatic carbocycles. The first-order valence-corrected chi connectivity index (χ1v) is 10.3. The number of amides is 2. The maximum Gasteiger partial charge on any atom is 0.324 e. The Hall–Kier alpha value is -2.38. The van der Waals surface area contributed by atoms with Crippen LogP contribution < -0.4 is 4.90 Å². The molecule has 2 aromatic rings. The Labute approximate surface area is 172 Å². The van der Waals surface area contributed by atoms with Crippen molar-refractivity contribution in [1.82, 2.24) is 4.90 Å². The number of anilines is 1. The minimum atomic E-state index is -0.0946. The molecule has 1 atom stereocenters. The minimum absolute atomic E-state index is 0.0195. The molecule has 2 aliphatic rings. The molecular formula is C20H20ClN3O3S. The van der Waals surface area contributed by atoms with Crippen molar-refractivity contribution in [3.8, 4) is 0 Å². The van der Waals surface area contributed by atoms with E-state index in [1.165, 1.54) is 11.3 Å². The molecule has 2 aliphatic heterocycles. The van der Waals surface area contributed by atoms with E-state index in [1.807, 2.05) is 24.3 Å². The van der Waals surface area contributed by atoms with Crippen LogP contribution >= 0.6 is 22.9 Å². The first kappa shape index (κ1) is 19.0. The molecule has 3 heterocycles. The number of oxime groups is 1. The van der Waals surface area contributed by atoms with Crippen LogP contribution in [-0.4, -0.2) is 48.7 Å². The van der Waals surface area contributed by atoms with Crippen LogP contribution in [0.2, 0.25) is 4.34 Å². The van der Waals surface area contributed by atoms with Crippen LogP contribution in [0.4, 0.5) is 10.5 Å². The van der Waals surface area contributed by atoms with Crippen LogP contribution in [0.5, 0.6) is 0 Å². The number of benzene rings is 1. The van der Waals surface area contributed by atoms with Gasteiger partial charge < -0.3 is 9.74 Å².